The molecule has 2 heterocycles. The number of H-pyrrole nitrogens is 1. The van der Waals surface area contributed by atoms with Crippen molar-refractivity contribution in [2.45, 2.75) is 19.5 Å². The van der Waals surface area contributed by atoms with Gasteiger partial charge in [0.15, 0.2) is 0 Å². The summed E-state index contributed by atoms with van der Waals surface area (Å²) < 4.78 is 0. The predicted octanol–water partition coefficient (Wildman–Crippen LogP) is 2.38. The molecule has 1 aromatic heterocycles. The lowest BCUT2D eigenvalue weighted by atomic mass is 10.1. The molecule has 0 bridgehead atoms. The highest BCUT2D eigenvalue weighted by Gasteiger charge is 2.23. The van der Waals surface area contributed by atoms with Crippen LogP contribution in [0.5, 0.6) is 0 Å². The molecule has 0 spiro atoms. The van der Waals surface area contributed by atoms with E-state index in [1.807, 2.05) is 30.5 Å². The first kappa shape index (κ1) is 16.8. The molecule has 2 amide bonds. The van der Waals surface area contributed by atoms with E-state index in [1.165, 1.54) is 0 Å². The molecule has 0 radical (unpaired) electrons. The zero-order valence-electron chi connectivity index (χ0n) is 13.5. The maximum absolute atomic E-state index is 11.9. The van der Waals surface area contributed by atoms with Gasteiger partial charge in [0.1, 0.15) is 0 Å². The van der Waals surface area contributed by atoms with Crippen LogP contribution in [0, 0.1) is 5.92 Å². The van der Waals surface area contributed by atoms with Gasteiger partial charge in [0, 0.05) is 43.1 Å². The van der Waals surface area contributed by atoms with Gasteiger partial charge < -0.3 is 15.6 Å². The average Bonchev–Trinajstić information content (AvgIpc) is 3.25. The molecule has 1 aromatic carbocycles. The molecule has 0 saturated carbocycles. The number of urea groups is 1. The minimum Gasteiger partial charge on any atom is -0.347 e. The van der Waals surface area contributed by atoms with E-state index in [2.05, 4.69) is 25.5 Å². The third kappa shape index (κ3) is 4.97. The largest absolute Gasteiger partial charge is 0.347 e. The van der Waals surface area contributed by atoms with Gasteiger partial charge >= 0.3 is 6.03 Å². The summed E-state index contributed by atoms with van der Waals surface area (Å²) in [4.78, 5) is 21.4. The van der Waals surface area contributed by atoms with Crippen molar-refractivity contribution < 1.29 is 4.79 Å². The van der Waals surface area contributed by atoms with Crippen LogP contribution < -0.4 is 10.6 Å². The Morgan fingerprint density at radius 2 is 2.17 bits per heavy atom. The number of carbonyl (C=O) groups excluding carboxylic acids is 1. The Kier molecular flexibility index (Phi) is 5.72. The molecule has 24 heavy (non-hydrogen) atoms. The minimum absolute atomic E-state index is 0.128. The van der Waals surface area contributed by atoms with E-state index in [4.69, 9.17) is 11.6 Å². The molecule has 7 heteroatoms. The Morgan fingerprint density at radius 3 is 2.92 bits per heavy atom. The zero-order chi connectivity index (χ0) is 16.8. The first-order valence-corrected chi connectivity index (χ1v) is 8.52. The first-order valence-electron chi connectivity index (χ1n) is 8.15. The standard InChI is InChI=1S/C17H22ClN5O/c18-15-3-1-13(2-4-15)7-20-17(24)21-8-14-5-6-23(10-14)11-16-9-19-12-22-16/h1-4,9,12,14H,5-8,10-11H2,(H,19,22)(H2,20,21,24). The van der Waals surface area contributed by atoms with Crippen LogP contribution in [0.2, 0.25) is 5.02 Å². The van der Waals surface area contributed by atoms with Gasteiger partial charge in [-0.1, -0.05) is 23.7 Å². The molecule has 3 rings (SSSR count). The van der Waals surface area contributed by atoms with E-state index in [0.29, 0.717) is 24.0 Å². The summed E-state index contributed by atoms with van der Waals surface area (Å²) in [5, 5.41) is 6.53. The fourth-order valence-electron chi connectivity index (χ4n) is 2.92. The maximum atomic E-state index is 11.9. The van der Waals surface area contributed by atoms with Crippen molar-refractivity contribution in [1.82, 2.24) is 25.5 Å². The molecule has 6 nitrogen and oxygen atoms in total. The predicted molar refractivity (Wildman–Crippen MR) is 93.7 cm³/mol. The van der Waals surface area contributed by atoms with Crippen molar-refractivity contribution in [2.24, 2.45) is 5.92 Å². The Hall–Kier alpha value is -2.05. The van der Waals surface area contributed by atoms with Crippen molar-refractivity contribution in [3.8, 4) is 0 Å². The van der Waals surface area contributed by atoms with E-state index in [-0.39, 0.29) is 6.03 Å². The van der Waals surface area contributed by atoms with Gasteiger partial charge in [0.25, 0.3) is 0 Å². The summed E-state index contributed by atoms with van der Waals surface area (Å²) in [7, 11) is 0. The van der Waals surface area contributed by atoms with Crippen molar-refractivity contribution in [2.75, 3.05) is 19.6 Å². The van der Waals surface area contributed by atoms with Crippen molar-refractivity contribution in [3.05, 3.63) is 53.1 Å². The Morgan fingerprint density at radius 1 is 1.33 bits per heavy atom. The highest BCUT2D eigenvalue weighted by Crippen LogP contribution is 2.17. The molecule has 0 aliphatic carbocycles. The molecule has 1 unspecified atom stereocenters. The molecule has 2 aromatic rings. The van der Waals surface area contributed by atoms with E-state index in [1.54, 1.807) is 6.33 Å². The second-order valence-corrected chi connectivity index (χ2v) is 6.59. The van der Waals surface area contributed by atoms with Gasteiger partial charge in [-0.05, 0) is 36.6 Å². The number of hydrogen-bond acceptors (Lipinski definition) is 3. The van der Waals surface area contributed by atoms with Gasteiger partial charge in [-0.3, -0.25) is 4.90 Å². The summed E-state index contributed by atoms with van der Waals surface area (Å²) in [6.07, 6.45) is 4.66. The molecule has 128 valence electrons. The summed E-state index contributed by atoms with van der Waals surface area (Å²) in [5.41, 5.74) is 2.16. The highest BCUT2D eigenvalue weighted by molar-refractivity contribution is 6.30. The summed E-state index contributed by atoms with van der Waals surface area (Å²) >= 11 is 5.84. The fourth-order valence-corrected chi connectivity index (χ4v) is 3.05. The SMILES string of the molecule is O=C(NCc1ccc(Cl)cc1)NCC1CCN(Cc2cnc[nH]2)C1. The number of carbonyl (C=O) groups is 1. The number of hydrogen-bond donors (Lipinski definition) is 3. The van der Waals surface area contributed by atoms with E-state index >= 15 is 0 Å². The van der Waals surface area contributed by atoms with Gasteiger partial charge in [0.05, 0.1) is 6.33 Å². The van der Waals surface area contributed by atoms with Crippen LogP contribution in [0.1, 0.15) is 17.7 Å². The molecule has 3 N–H and O–H groups in total. The normalized spacial score (nSPS) is 17.8. The molecule has 1 aliphatic rings. The van der Waals surface area contributed by atoms with E-state index in [9.17, 15) is 4.79 Å². The number of halogens is 1. The molecule has 1 atom stereocenters. The van der Waals surface area contributed by atoms with Gasteiger partial charge in [-0.2, -0.15) is 0 Å². The lowest BCUT2D eigenvalue weighted by Crippen LogP contribution is -2.38. The molecular formula is C17H22ClN5O. The molecular weight excluding hydrogens is 326 g/mol. The van der Waals surface area contributed by atoms with Crippen LogP contribution in [-0.4, -0.2) is 40.5 Å². The van der Waals surface area contributed by atoms with Crippen molar-refractivity contribution >= 4 is 17.6 Å². The smallest absolute Gasteiger partial charge is 0.315 e. The third-order valence-corrected chi connectivity index (χ3v) is 4.49. The number of amides is 2. The third-order valence-electron chi connectivity index (χ3n) is 4.24. The fraction of sp³-hybridized carbons (Fsp3) is 0.412. The maximum Gasteiger partial charge on any atom is 0.315 e. The lowest BCUT2D eigenvalue weighted by Gasteiger charge is -2.15. The second-order valence-electron chi connectivity index (χ2n) is 6.16. The van der Waals surface area contributed by atoms with E-state index < -0.39 is 0 Å². The molecule has 1 saturated heterocycles. The topological polar surface area (TPSA) is 73.1 Å². The van der Waals surface area contributed by atoms with Gasteiger partial charge in [-0.15, -0.1) is 0 Å². The summed E-state index contributed by atoms with van der Waals surface area (Å²) in [5.74, 6) is 0.495. The van der Waals surface area contributed by atoms with Crippen LogP contribution in [-0.2, 0) is 13.1 Å². The van der Waals surface area contributed by atoms with Crippen molar-refractivity contribution in [3.63, 3.8) is 0 Å². The summed E-state index contributed by atoms with van der Waals surface area (Å²) in [6.45, 7) is 4.14. The van der Waals surface area contributed by atoms with Crippen LogP contribution in [0.25, 0.3) is 0 Å². The quantitative estimate of drug-likeness (QED) is 0.751. The summed E-state index contributed by atoms with van der Waals surface area (Å²) in [6, 6.07) is 7.34. The first-order chi connectivity index (χ1) is 11.7. The number of likely N-dealkylation sites (tertiary alicyclic amines) is 1. The number of benzene rings is 1. The van der Waals surface area contributed by atoms with Gasteiger partial charge in [-0.25, -0.2) is 9.78 Å². The molecule has 1 aliphatic heterocycles. The number of rotatable bonds is 6. The number of nitrogens with zero attached hydrogens (tertiary/aromatic N) is 2. The number of aromatic amines is 1. The number of aromatic nitrogens is 2. The highest BCUT2D eigenvalue weighted by atomic mass is 35.5. The Bertz CT molecular complexity index is 644. The Labute approximate surface area is 146 Å². The van der Waals surface area contributed by atoms with Crippen LogP contribution in [0.3, 0.4) is 0 Å². The minimum atomic E-state index is -0.128. The van der Waals surface area contributed by atoms with Gasteiger partial charge in [0.2, 0.25) is 0 Å². The van der Waals surface area contributed by atoms with Crippen LogP contribution in [0.4, 0.5) is 4.79 Å². The van der Waals surface area contributed by atoms with E-state index in [0.717, 1.165) is 37.3 Å². The monoisotopic (exact) mass is 347 g/mol. The lowest BCUT2D eigenvalue weighted by molar-refractivity contribution is 0.238. The van der Waals surface area contributed by atoms with Crippen molar-refractivity contribution in [1.29, 1.82) is 0 Å². The second kappa shape index (κ2) is 8.17. The number of imidazole rings is 1. The van der Waals surface area contributed by atoms with Crippen LogP contribution >= 0.6 is 11.6 Å². The number of nitrogens with one attached hydrogen (secondary N) is 3. The average molecular weight is 348 g/mol. The molecule has 1 fully saturated rings. The van der Waals surface area contributed by atoms with Crippen LogP contribution in [0.15, 0.2) is 36.8 Å². The zero-order valence-corrected chi connectivity index (χ0v) is 14.2. The Balaban J connectivity index is 1.33.